The summed E-state index contributed by atoms with van der Waals surface area (Å²) in [5, 5.41) is 7.96. The normalized spacial score (nSPS) is 18.1. The van der Waals surface area contributed by atoms with Gasteiger partial charge in [0.1, 0.15) is 0 Å². The Morgan fingerprint density at radius 3 is 2.50 bits per heavy atom. The number of imidazole rings is 1. The van der Waals surface area contributed by atoms with E-state index in [-0.39, 0.29) is 0 Å². The Labute approximate surface area is 172 Å². The summed E-state index contributed by atoms with van der Waals surface area (Å²) in [5.74, 6) is 0. The molecule has 0 spiro atoms. The van der Waals surface area contributed by atoms with Crippen molar-refractivity contribution in [3.63, 3.8) is 0 Å². The average molecular weight is 399 g/mol. The van der Waals surface area contributed by atoms with Crippen molar-refractivity contribution in [3.8, 4) is 0 Å². The van der Waals surface area contributed by atoms with Crippen LogP contribution < -0.4 is 15.5 Å². The Balaban J connectivity index is 1.23. The maximum absolute atomic E-state index is 5.67. The monoisotopic (exact) mass is 398 g/mol. The Hall–Kier alpha value is -2.28. The number of aromatic nitrogens is 2. The second kappa shape index (κ2) is 9.28. The van der Waals surface area contributed by atoms with Gasteiger partial charge in [-0.3, -0.25) is 0 Å². The van der Waals surface area contributed by atoms with Crippen molar-refractivity contribution in [1.82, 2.24) is 20.2 Å². The molecule has 0 amide bonds. The van der Waals surface area contributed by atoms with Crippen LogP contribution in [0.3, 0.4) is 0 Å². The molecule has 6 nitrogen and oxygen atoms in total. The van der Waals surface area contributed by atoms with E-state index in [1.54, 1.807) is 6.33 Å². The quantitative estimate of drug-likeness (QED) is 0.672. The lowest BCUT2D eigenvalue weighted by Crippen LogP contribution is -2.53. The van der Waals surface area contributed by atoms with E-state index < -0.39 is 0 Å². The summed E-state index contributed by atoms with van der Waals surface area (Å²) in [6.45, 7) is 4.74. The number of nitrogens with zero attached hydrogens (tertiary/aromatic N) is 3. The first-order valence-corrected chi connectivity index (χ1v) is 10.8. The lowest BCUT2D eigenvalue weighted by molar-refractivity contribution is 0.355. The molecular weight excluding hydrogens is 368 g/mol. The lowest BCUT2D eigenvalue weighted by atomic mass is 9.96. The molecule has 1 aromatic carbocycles. The number of aromatic amines is 1. The maximum atomic E-state index is 5.67. The summed E-state index contributed by atoms with van der Waals surface area (Å²) in [5.41, 5.74) is 3.48. The van der Waals surface area contributed by atoms with Crippen LogP contribution in [0.1, 0.15) is 37.8 Å². The average Bonchev–Trinajstić information content (AvgIpc) is 3.27. The van der Waals surface area contributed by atoms with Crippen LogP contribution in [0, 0.1) is 0 Å². The van der Waals surface area contributed by atoms with Crippen LogP contribution >= 0.6 is 12.2 Å². The molecule has 1 aliphatic heterocycles. The molecule has 1 saturated carbocycles. The Kier molecular flexibility index (Phi) is 6.31. The van der Waals surface area contributed by atoms with E-state index in [1.165, 1.54) is 37.8 Å². The van der Waals surface area contributed by atoms with Crippen LogP contribution in [0.15, 0.2) is 36.8 Å². The van der Waals surface area contributed by atoms with Crippen molar-refractivity contribution in [2.75, 3.05) is 36.4 Å². The van der Waals surface area contributed by atoms with Crippen LogP contribution in [-0.2, 0) is 6.54 Å². The van der Waals surface area contributed by atoms with Crippen molar-refractivity contribution in [2.45, 2.75) is 44.7 Å². The Morgan fingerprint density at radius 2 is 1.82 bits per heavy atom. The molecule has 1 aliphatic carbocycles. The fourth-order valence-electron chi connectivity index (χ4n) is 4.05. The largest absolute Gasteiger partial charge is 0.379 e. The third-order valence-corrected chi connectivity index (χ3v) is 6.15. The molecule has 2 fully saturated rings. The highest BCUT2D eigenvalue weighted by Gasteiger charge is 2.21. The van der Waals surface area contributed by atoms with Crippen LogP contribution in [0.4, 0.5) is 11.4 Å². The summed E-state index contributed by atoms with van der Waals surface area (Å²) in [6.07, 6.45) is 10.1. The first-order chi connectivity index (χ1) is 13.8. The van der Waals surface area contributed by atoms with Crippen molar-refractivity contribution < 1.29 is 0 Å². The van der Waals surface area contributed by atoms with E-state index in [4.69, 9.17) is 12.2 Å². The highest BCUT2D eigenvalue weighted by molar-refractivity contribution is 7.80. The van der Waals surface area contributed by atoms with Gasteiger partial charge in [0.05, 0.1) is 18.6 Å². The number of hydrogen-bond donors (Lipinski definition) is 3. The van der Waals surface area contributed by atoms with Crippen LogP contribution in [0.25, 0.3) is 0 Å². The molecule has 0 radical (unpaired) electrons. The number of benzene rings is 1. The number of anilines is 2. The summed E-state index contributed by atoms with van der Waals surface area (Å²) in [4.78, 5) is 11.9. The number of rotatable bonds is 5. The molecule has 1 aromatic heterocycles. The molecule has 2 heterocycles. The van der Waals surface area contributed by atoms with E-state index in [0.717, 1.165) is 49.2 Å². The molecule has 150 valence electrons. The Bertz CT molecular complexity index is 731. The van der Waals surface area contributed by atoms with Gasteiger partial charge in [-0.1, -0.05) is 19.3 Å². The van der Waals surface area contributed by atoms with Crippen molar-refractivity contribution in [2.24, 2.45) is 0 Å². The molecule has 0 atom stereocenters. The van der Waals surface area contributed by atoms with E-state index in [9.17, 15) is 0 Å². The summed E-state index contributed by atoms with van der Waals surface area (Å²) in [6, 6.07) is 9.27. The van der Waals surface area contributed by atoms with Gasteiger partial charge in [0, 0.05) is 49.8 Å². The number of nitrogens with one attached hydrogen (secondary N) is 3. The molecule has 0 unspecified atom stereocenters. The van der Waals surface area contributed by atoms with Gasteiger partial charge >= 0.3 is 0 Å². The van der Waals surface area contributed by atoms with Crippen LogP contribution in [0.2, 0.25) is 0 Å². The molecule has 1 saturated heterocycles. The second-order valence-electron chi connectivity index (χ2n) is 7.74. The minimum Gasteiger partial charge on any atom is -0.379 e. The fourth-order valence-corrected chi connectivity index (χ4v) is 4.40. The summed E-state index contributed by atoms with van der Waals surface area (Å²) < 4.78 is 0. The van der Waals surface area contributed by atoms with Gasteiger partial charge in [0.2, 0.25) is 0 Å². The van der Waals surface area contributed by atoms with Crippen LogP contribution in [-0.4, -0.2) is 52.2 Å². The molecule has 28 heavy (non-hydrogen) atoms. The molecule has 2 aliphatic rings. The van der Waals surface area contributed by atoms with Gasteiger partial charge in [-0.2, -0.15) is 0 Å². The van der Waals surface area contributed by atoms with Crippen molar-refractivity contribution >= 4 is 28.7 Å². The molecular formula is C21H30N6S. The van der Waals surface area contributed by atoms with E-state index in [0.29, 0.717) is 6.04 Å². The van der Waals surface area contributed by atoms with E-state index in [2.05, 4.69) is 54.7 Å². The standard InChI is InChI=1S/C21H30N6S/c28-21(25-18-4-2-1-3-5-18)27-12-10-26(11-13-27)20-8-6-17(7-9-20)23-15-19-14-22-16-24-19/h6-9,14,16,18,23H,1-5,10-13,15H2,(H,22,24)(H,25,28). The Morgan fingerprint density at radius 1 is 1.07 bits per heavy atom. The molecule has 7 heteroatoms. The molecule has 2 aromatic rings. The zero-order valence-corrected chi connectivity index (χ0v) is 17.2. The molecule has 4 rings (SSSR count). The zero-order valence-electron chi connectivity index (χ0n) is 16.4. The number of H-pyrrole nitrogens is 1. The smallest absolute Gasteiger partial charge is 0.169 e. The SMILES string of the molecule is S=C(NC1CCCCC1)N1CCN(c2ccc(NCc3cnc[nH]3)cc2)CC1. The first kappa shape index (κ1) is 19.1. The lowest BCUT2D eigenvalue weighted by Gasteiger charge is -2.38. The third-order valence-electron chi connectivity index (χ3n) is 5.77. The number of thiocarbonyl (C=S) groups is 1. The number of hydrogen-bond acceptors (Lipinski definition) is 4. The first-order valence-electron chi connectivity index (χ1n) is 10.4. The highest BCUT2D eigenvalue weighted by atomic mass is 32.1. The fraction of sp³-hybridized carbons (Fsp3) is 0.524. The summed E-state index contributed by atoms with van der Waals surface area (Å²) >= 11 is 5.67. The molecule has 0 bridgehead atoms. The van der Waals surface area contributed by atoms with Crippen molar-refractivity contribution in [1.29, 1.82) is 0 Å². The summed E-state index contributed by atoms with van der Waals surface area (Å²) in [7, 11) is 0. The van der Waals surface area contributed by atoms with Crippen LogP contribution in [0.5, 0.6) is 0 Å². The zero-order chi connectivity index (χ0) is 19.2. The van der Waals surface area contributed by atoms with Gasteiger partial charge in [-0.25, -0.2) is 4.98 Å². The topological polar surface area (TPSA) is 59.2 Å². The molecule has 3 N–H and O–H groups in total. The predicted molar refractivity (Wildman–Crippen MR) is 119 cm³/mol. The van der Waals surface area contributed by atoms with E-state index >= 15 is 0 Å². The third kappa shape index (κ3) is 4.95. The highest BCUT2D eigenvalue weighted by Crippen LogP contribution is 2.21. The number of piperazine rings is 1. The predicted octanol–water partition coefficient (Wildman–Crippen LogP) is 3.35. The maximum Gasteiger partial charge on any atom is 0.169 e. The van der Waals surface area contributed by atoms with Gasteiger partial charge in [0.25, 0.3) is 0 Å². The second-order valence-corrected chi connectivity index (χ2v) is 8.12. The van der Waals surface area contributed by atoms with Gasteiger partial charge in [-0.15, -0.1) is 0 Å². The van der Waals surface area contributed by atoms with Gasteiger partial charge in [-0.05, 0) is 49.3 Å². The minimum absolute atomic E-state index is 0.584. The van der Waals surface area contributed by atoms with Crippen molar-refractivity contribution in [3.05, 3.63) is 42.5 Å². The van der Waals surface area contributed by atoms with E-state index in [1.807, 2.05) is 6.20 Å². The van der Waals surface area contributed by atoms with Gasteiger partial charge < -0.3 is 25.4 Å². The van der Waals surface area contributed by atoms with Gasteiger partial charge in [0.15, 0.2) is 5.11 Å². The minimum atomic E-state index is 0.584.